The van der Waals surface area contributed by atoms with Crippen LogP contribution >= 0.6 is 0 Å². The average Bonchev–Trinajstić information content (AvgIpc) is 3.36. The zero-order valence-electron chi connectivity index (χ0n) is 17.1. The number of carbonyl (C=O) groups excluding carboxylic acids is 2. The van der Waals surface area contributed by atoms with Gasteiger partial charge in [0.05, 0.1) is 11.8 Å². The minimum absolute atomic E-state index is 0.0239. The number of hydrogen-bond acceptors (Lipinski definition) is 4. The standard InChI is InChI=1S/C21H33N5O2/c1-14-4-3-9-25(13-14)10-7-23-21(22-2)24-8-11-26-19(27)17-15-5-6-16(12-15)18(17)20(26)28/h5-6,14-18H,3-4,7-13H2,1-2H3,(H2,22,23,24). The van der Waals surface area contributed by atoms with Gasteiger partial charge in [-0.1, -0.05) is 19.1 Å². The Morgan fingerprint density at radius 3 is 2.36 bits per heavy atom. The summed E-state index contributed by atoms with van der Waals surface area (Å²) < 4.78 is 0. The third kappa shape index (κ3) is 3.69. The van der Waals surface area contributed by atoms with Crippen molar-refractivity contribution in [2.45, 2.75) is 26.2 Å². The van der Waals surface area contributed by atoms with Crippen LogP contribution in [0.2, 0.25) is 0 Å². The van der Waals surface area contributed by atoms with Gasteiger partial charge in [-0.15, -0.1) is 0 Å². The Balaban J connectivity index is 1.19. The molecule has 7 nitrogen and oxygen atoms in total. The Morgan fingerprint density at radius 1 is 1.11 bits per heavy atom. The lowest BCUT2D eigenvalue weighted by molar-refractivity contribution is -0.140. The fourth-order valence-electron chi connectivity index (χ4n) is 5.51. The molecule has 0 radical (unpaired) electrons. The number of imide groups is 1. The van der Waals surface area contributed by atoms with Crippen LogP contribution in [0.5, 0.6) is 0 Å². The number of nitrogens with one attached hydrogen (secondary N) is 2. The maximum Gasteiger partial charge on any atom is 0.233 e. The summed E-state index contributed by atoms with van der Waals surface area (Å²) in [5, 5.41) is 6.59. The van der Waals surface area contributed by atoms with Gasteiger partial charge in [-0.05, 0) is 43.6 Å². The first-order valence-corrected chi connectivity index (χ1v) is 10.8. The number of guanidine groups is 1. The van der Waals surface area contributed by atoms with Crippen LogP contribution < -0.4 is 10.6 Å². The zero-order valence-corrected chi connectivity index (χ0v) is 17.1. The Kier molecular flexibility index (Phi) is 5.71. The summed E-state index contributed by atoms with van der Waals surface area (Å²) in [6.45, 7) is 7.45. The summed E-state index contributed by atoms with van der Waals surface area (Å²) in [6, 6.07) is 0. The van der Waals surface area contributed by atoms with Crippen LogP contribution in [0.4, 0.5) is 0 Å². The number of fused-ring (bicyclic) bond motifs is 5. The van der Waals surface area contributed by atoms with E-state index in [4.69, 9.17) is 0 Å². The lowest BCUT2D eigenvalue weighted by Crippen LogP contribution is -2.46. The van der Waals surface area contributed by atoms with E-state index >= 15 is 0 Å². The normalized spacial score (nSPS) is 35.0. The molecule has 2 heterocycles. The Bertz CT molecular complexity index is 646. The Morgan fingerprint density at radius 2 is 1.75 bits per heavy atom. The van der Waals surface area contributed by atoms with Crippen molar-refractivity contribution < 1.29 is 9.59 Å². The Hall–Kier alpha value is -1.89. The van der Waals surface area contributed by atoms with Crippen LogP contribution in [0.3, 0.4) is 0 Å². The quantitative estimate of drug-likeness (QED) is 0.304. The number of piperidine rings is 1. The molecule has 0 spiro atoms. The predicted octanol–water partition coefficient (Wildman–Crippen LogP) is 0.690. The number of carbonyl (C=O) groups is 2. The van der Waals surface area contributed by atoms with E-state index in [1.54, 1.807) is 7.05 Å². The fraction of sp³-hybridized carbons (Fsp3) is 0.762. The molecule has 2 saturated heterocycles. The number of hydrogen-bond donors (Lipinski definition) is 2. The van der Waals surface area contributed by atoms with Crippen LogP contribution in [0.15, 0.2) is 17.1 Å². The molecule has 1 saturated carbocycles. The maximum absolute atomic E-state index is 12.7. The summed E-state index contributed by atoms with van der Waals surface area (Å²) in [5.41, 5.74) is 0. The van der Waals surface area contributed by atoms with E-state index in [1.807, 2.05) is 0 Å². The molecule has 3 fully saturated rings. The van der Waals surface area contributed by atoms with E-state index in [2.05, 4.69) is 39.6 Å². The largest absolute Gasteiger partial charge is 0.355 e. The summed E-state index contributed by atoms with van der Waals surface area (Å²) in [7, 11) is 1.75. The minimum Gasteiger partial charge on any atom is -0.355 e. The molecule has 4 rings (SSSR count). The van der Waals surface area contributed by atoms with Gasteiger partial charge >= 0.3 is 0 Å². The van der Waals surface area contributed by atoms with Crippen molar-refractivity contribution >= 4 is 17.8 Å². The van der Waals surface area contributed by atoms with Gasteiger partial charge in [0, 0.05) is 39.8 Å². The first kappa shape index (κ1) is 19.4. The first-order valence-electron chi connectivity index (χ1n) is 10.8. The van der Waals surface area contributed by atoms with E-state index in [0.29, 0.717) is 13.1 Å². The number of aliphatic imine (C=N–C) groups is 1. The van der Waals surface area contributed by atoms with Crippen LogP contribution in [0.1, 0.15) is 26.2 Å². The molecule has 2 aliphatic carbocycles. The summed E-state index contributed by atoms with van der Waals surface area (Å²) in [5.74, 6) is 1.90. The molecule has 28 heavy (non-hydrogen) atoms. The second kappa shape index (κ2) is 8.23. The number of nitrogens with zero attached hydrogens (tertiary/aromatic N) is 3. The lowest BCUT2D eigenvalue weighted by atomic mass is 9.85. The van der Waals surface area contributed by atoms with Crippen molar-refractivity contribution in [3.8, 4) is 0 Å². The Labute approximate surface area is 167 Å². The molecule has 2 N–H and O–H groups in total. The topological polar surface area (TPSA) is 77.0 Å². The highest BCUT2D eigenvalue weighted by atomic mass is 16.2. The van der Waals surface area contributed by atoms with Crippen LogP contribution in [0.25, 0.3) is 0 Å². The van der Waals surface area contributed by atoms with Crippen molar-refractivity contribution in [1.29, 1.82) is 0 Å². The fourth-order valence-corrected chi connectivity index (χ4v) is 5.51. The molecule has 2 amide bonds. The molecule has 5 unspecified atom stereocenters. The second-order valence-corrected chi connectivity index (χ2v) is 8.80. The molecule has 7 heteroatoms. The molecule has 2 aliphatic heterocycles. The van der Waals surface area contributed by atoms with Crippen molar-refractivity contribution in [3.05, 3.63) is 12.2 Å². The highest BCUT2D eigenvalue weighted by molar-refractivity contribution is 6.06. The van der Waals surface area contributed by atoms with Gasteiger partial charge < -0.3 is 15.5 Å². The highest BCUT2D eigenvalue weighted by Gasteiger charge is 2.58. The number of rotatable bonds is 6. The van der Waals surface area contributed by atoms with Crippen molar-refractivity contribution in [2.75, 3.05) is 46.3 Å². The summed E-state index contributed by atoms with van der Waals surface area (Å²) in [6.07, 6.45) is 7.86. The van der Waals surface area contributed by atoms with Gasteiger partial charge in [-0.3, -0.25) is 19.5 Å². The average molecular weight is 388 g/mol. The van der Waals surface area contributed by atoms with Gasteiger partial charge in [-0.25, -0.2) is 0 Å². The van der Waals surface area contributed by atoms with E-state index in [9.17, 15) is 9.59 Å². The molecule has 4 aliphatic rings. The van der Waals surface area contributed by atoms with Crippen molar-refractivity contribution in [2.24, 2.45) is 34.6 Å². The molecule has 0 aromatic rings. The highest BCUT2D eigenvalue weighted by Crippen LogP contribution is 2.52. The summed E-state index contributed by atoms with van der Waals surface area (Å²) >= 11 is 0. The molecular formula is C21H33N5O2. The first-order chi connectivity index (χ1) is 13.6. The third-order valence-electron chi connectivity index (χ3n) is 6.87. The minimum atomic E-state index is -0.105. The lowest BCUT2D eigenvalue weighted by Gasteiger charge is -2.30. The summed E-state index contributed by atoms with van der Waals surface area (Å²) in [4.78, 5) is 33.6. The van der Waals surface area contributed by atoms with Gasteiger partial charge in [-0.2, -0.15) is 0 Å². The molecule has 5 atom stereocenters. The second-order valence-electron chi connectivity index (χ2n) is 8.80. The van der Waals surface area contributed by atoms with Crippen LogP contribution in [-0.4, -0.2) is 73.9 Å². The molecule has 0 aromatic carbocycles. The van der Waals surface area contributed by atoms with E-state index < -0.39 is 0 Å². The number of allylic oxidation sites excluding steroid dienone is 2. The third-order valence-corrected chi connectivity index (χ3v) is 6.87. The zero-order chi connectivity index (χ0) is 19.7. The maximum atomic E-state index is 12.7. The predicted molar refractivity (Wildman–Crippen MR) is 109 cm³/mol. The molecule has 154 valence electrons. The van der Waals surface area contributed by atoms with Crippen LogP contribution in [0, 0.1) is 29.6 Å². The van der Waals surface area contributed by atoms with Crippen molar-refractivity contribution in [1.82, 2.24) is 20.4 Å². The van der Waals surface area contributed by atoms with Gasteiger partial charge in [0.15, 0.2) is 5.96 Å². The van der Waals surface area contributed by atoms with E-state index in [1.165, 1.54) is 30.8 Å². The van der Waals surface area contributed by atoms with E-state index in [-0.39, 0.29) is 35.5 Å². The smallest absolute Gasteiger partial charge is 0.233 e. The van der Waals surface area contributed by atoms with Crippen LogP contribution in [-0.2, 0) is 9.59 Å². The monoisotopic (exact) mass is 387 g/mol. The van der Waals surface area contributed by atoms with Gasteiger partial charge in [0.2, 0.25) is 11.8 Å². The SMILES string of the molecule is CN=C(NCCN1CCCC(C)C1)NCCN1C(=O)C2C3C=CC(C3)C2C1=O. The van der Waals surface area contributed by atoms with Gasteiger partial charge in [0.25, 0.3) is 0 Å². The molecule has 2 bridgehead atoms. The van der Waals surface area contributed by atoms with Gasteiger partial charge in [0.1, 0.15) is 0 Å². The number of amides is 2. The van der Waals surface area contributed by atoms with E-state index in [0.717, 1.165) is 31.4 Å². The van der Waals surface area contributed by atoms with Crippen molar-refractivity contribution in [3.63, 3.8) is 0 Å². The molecular weight excluding hydrogens is 354 g/mol. The molecule has 0 aromatic heterocycles. The number of likely N-dealkylation sites (tertiary alicyclic amines) is 2.